The van der Waals surface area contributed by atoms with Gasteiger partial charge in [-0.05, 0) is 13.3 Å². The number of oxazole rings is 1. The molecule has 1 fully saturated rings. The fraction of sp³-hybridized carbons (Fsp3) is 0.625. The minimum Gasteiger partial charge on any atom is -0.435 e. The zero-order chi connectivity index (χ0) is 17.3. The van der Waals surface area contributed by atoms with E-state index in [-0.39, 0.29) is 23.8 Å². The van der Waals surface area contributed by atoms with Gasteiger partial charge in [0.15, 0.2) is 5.89 Å². The van der Waals surface area contributed by atoms with Crippen LogP contribution in [0.5, 0.6) is 0 Å². The summed E-state index contributed by atoms with van der Waals surface area (Å²) in [6.07, 6.45) is 2.24. The summed E-state index contributed by atoms with van der Waals surface area (Å²) in [5, 5.41) is 6.79. The maximum atomic E-state index is 12.7. The highest BCUT2D eigenvalue weighted by Crippen LogP contribution is 2.29. The van der Waals surface area contributed by atoms with Crippen LogP contribution in [0.2, 0.25) is 0 Å². The normalized spacial score (nSPS) is 20.7. The highest BCUT2D eigenvalue weighted by molar-refractivity contribution is 5.92. The number of carbonyl (C=O) groups is 1. The first kappa shape index (κ1) is 16.6. The Hall–Kier alpha value is -2.22. The second-order valence-corrected chi connectivity index (χ2v) is 6.48. The molecule has 0 saturated carbocycles. The van der Waals surface area contributed by atoms with Gasteiger partial charge in [-0.25, -0.2) is 9.97 Å². The minimum absolute atomic E-state index is 0.111. The van der Waals surface area contributed by atoms with Crippen LogP contribution in [-0.4, -0.2) is 57.3 Å². The molecular formula is C16H23N5O3. The van der Waals surface area contributed by atoms with Gasteiger partial charge in [0.25, 0.3) is 5.91 Å². The Labute approximate surface area is 140 Å². The predicted molar refractivity (Wildman–Crippen MR) is 85.8 cm³/mol. The van der Waals surface area contributed by atoms with Crippen molar-refractivity contribution in [3.63, 3.8) is 0 Å². The van der Waals surface area contributed by atoms with Crippen LogP contribution in [0.25, 0.3) is 0 Å². The Morgan fingerprint density at radius 1 is 1.50 bits per heavy atom. The van der Waals surface area contributed by atoms with Crippen molar-refractivity contribution in [2.75, 3.05) is 20.2 Å². The number of ether oxygens (including phenoxy) is 1. The van der Waals surface area contributed by atoms with E-state index >= 15 is 0 Å². The first-order valence-electron chi connectivity index (χ1n) is 8.17. The summed E-state index contributed by atoms with van der Waals surface area (Å²) in [7, 11) is 1.75. The minimum atomic E-state index is -0.182. The summed E-state index contributed by atoms with van der Waals surface area (Å²) >= 11 is 0. The molecule has 8 heteroatoms. The number of nitrogens with zero attached hydrogens (tertiary/aromatic N) is 4. The number of rotatable bonds is 5. The van der Waals surface area contributed by atoms with Crippen LogP contribution in [0.3, 0.4) is 0 Å². The van der Waals surface area contributed by atoms with Gasteiger partial charge in [0.2, 0.25) is 5.76 Å². The number of hydrogen-bond donors (Lipinski definition) is 1. The Morgan fingerprint density at radius 3 is 2.92 bits per heavy atom. The van der Waals surface area contributed by atoms with E-state index in [0.29, 0.717) is 30.5 Å². The number of H-pyrrole nitrogens is 1. The Bertz CT molecular complexity index is 695. The molecule has 24 heavy (non-hydrogen) atoms. The van der Waals surface area contributed by atoms with E-state index in [9.17, 15) is 4.79 Å². The number of aromatic amines is 1. The molecule has 1 aliphatic rings. The Kier molecular flexibility index (Phi) is 4.66. The molecular weight excluding hydrogens is 310 g/mol. The average molecular weight is 333 g/mol. The molecule has 3 heterocycles. The summed E-state index contributed by atoms with van der Waals surface area (Å²) in [6.45, 7) is 6.87. The molecule has 8 nitrogen and oxygen atoms in total. The van der Waals surface area contributed by atoms with Crippen molar-refractivity contribution in [2.45, 2.75) is 45.1 Å². The quantitative estimate of drug-likeness (QED) is 0.897. The predicted octanol–water partition coefficient (Wildman–Crippen LogP) is 1.87. The lowest BCUT2D eigenvalue weighted by Gasteiger charge is -2.23. The third-order valence-electron chi connectivity index (χ3n) is 4.30. The van der Waals surface area contributed by atoms with Crippen LogP contribution < -0.4 is 0 Å². The van der Waals surface area contributed by atoms with Gasteiger partial charge < -0.3 is 14.1 Å². The summed E-state index contributed by atoms with van der Waals surface area (Å²) in [5.74, 6) is 1.76. The van der Waals surface area contributed by atoms with Gasteiger partial charge in [-0.2, -0.15) is 5.10 Å². The number of aryl methyl sites for hydroxylation is 1. The van der Waals surface area contributed by atoms with Crippen molar-refractivity contribution < 1.29 is 13.9 Å². The van der Waals surface area contributed by atoms with Crippen LogP contribution in [0.1, 0.15) is 60.1 Å². The number of aromatic nitrogens is 4. The highest BCUT2D eigenvalue weighted by atomic mass is 16.5. The Balaban J connectivity index is 1.70. The zero-order valence-corrected chi connectivity index (χ0v) is 14.4. The van der Waals surface area contributed by atoms with Crippen molar-refractivity contribution in [3.8, 4) is 0 Å². The molecule has 130 valence electrons. The summed E-state index contributed by atoms with van der Waals surface area (Å²) in [6, 6.07) is 0. The number of likely N-dealkylation sites (N-methyl/N-ethyl adjacent to an activating group) is 1. The molecule has 0 radical (unpaired) electrons. The molecule has 0 spiro atoms. The highest BCUT2D eigenvalue weighted by Gasteiger charge is 2.34. The van der Waals surface area contributed by atoms with Crippen molar-refractivity contribution >= 4 is 5.91 Å². The topological polar surface area (TPSA) is 97.1 Å². The SMILES string of the molecule is Cc1nc(C(C)C)oc1C(=O)N(C)C[C@H]1OCC[C@H]1c1ncn[nH]1. The molecule has 2 aromatic heterocycles. The zero-order valence-electron chi connectivity index (χ0n) is 14.4. The van der Waals surface area contributed by atoms with Crippen LogP contribution in [0.15, 0.2) is 10.7 Å². The lowest BCUT2D eigenvalue weighted by Crippen LogP contribution is -2.36. The fourth-order valence-electron chi connectivity index (χ4n) is 2.92. The molecule has 0 unspecified atom stereocenters. The Morgan fingerprint density at radius 2 is 2.29 bits per heavy atom. The molecule has 1 amide bonds. The van der Waals surface area contributed by atoms with E-state index in [1.165, 1.54) is 6.33 Å². The van der Waals surface area contributed by atoms with Crippen molar-refractivity contribution in [1.29, 1.82) is 0 Å². The summed E-state index contributed by atoms with van der Waals surface area (Å²) in [5.41, 5.74) is 0.620. The summed E-state index contributed by atoms with van der Waals surface area (Å²) in [4.78, 5) is 22.9. The molecule has 0 aromatic carbocycles. The van der Waals surface area contributed by atoms with E-state index in [1.807, 2.05) is 13.8 Å². The van der Waals surface area contributed by atoms with Gasteiger partial charge in [-0.3, -0.25) is 9.89 Å². The molecule has 1 N–H and O–H groups in total. The first-order chi connectivity index (χ1) is 11.5. The third kappa shape index (κ3) is 3.19. The summed E-state index contributed by atoms with van der Waals surface area (Å²) < 4.78 is 11.4. The third-order valence-corrected chi connectivity index (χ3v) is 4.30. The number of amides is 1. The van der Waals surface area contributed by atoms with E-state index < -0.39 is 0 Å². The van der Waals surface area contributed by atoms with E-state index in [4.69, 9.17) is 9.15 Å². The molecule has 3 rings (SSSR count). The molecule has 0 aliphatic carbocycles. The van der Waals surface area contributed by atoms with Gasteiger partial charge in [0.05, 0.1) is 11.8 Å². The fourth-order valence-corrected chi connectivity index (χ4v) is 2.92. The van der Waals surface area contributed by atoms with E-state index in [1.54, 1.807) is 18.9 Å². The maximum absolute atomic E-state index is 12.7. The van der Waals surface area contributed by atoms with Gasteiger partial charge in [-0.1, -0.05) is 13.8 Å². The average Bonchev–Trinajstić information content (AvgIpc) is 3.25. The smallest absolute Gasteiger partial charge is 0.291 e. The lowest BCUT2D eigenvalue weighted by atomic mass is 10.0. The monoisotopic (exact) mass is 333 g/mol. The van der Waals surface area contributed by atoms with Crippen LogP contribution in [-0.2, 0) is 4.74 Å². The van der Waals surface area contributed by atoms with Crippen molar-refractivity contribution in [1.82, 2.24) is 25.1 Å². The molecule has 2 atom stereocenters. The van der Waals surface area contributed by atoms with Gasteiger partial charge >= 0.3 is 0 Å². The van der Waals surface area contributed by atoms with Crippen molar-refractivity contribution in [2.24, 2.45) is 0 Å². The second kappa shape index (κ2) is 6.72. The van der Waals surface area contributed by atoms with Gasteiger partial charge in [0, 0.05) is 32.0 Å². The number of nitrogens with one attached hydrogen (secondary N) is 1. The van der Waals surface area contributed by atoms with Crippen LogP contribution in [0.4, 0.5) is 0 Å². The van der Waals surface area contributed by atoms with Gasteiger partial charge in [-0.15, -0.1) is 0 Å². The lowest BCUT2D eigenvalue weighted by molar-refractivity contribution is 0.0526. The molecule has 1 aliphatic heterocycles. The van der Waals surface area contributed by atoms with Crippen LogP contribution in [0, 0.1) is 6.92 Å². The molecule has 2 aromatic rings. The largest absolute Gasteiger partial charge is 0.435 e. The molecule has 0 bridgehead atoms. The van der Waals surface area contributed by atoms with E-state index in [2.05, 4.69) is 20.2 Å². The second-order valence-electron chi connectivity index (χ2n) is 6.48. The maximum Gasteiger partial charge on any atom is 0.291 e. The van der Waals surface area contributed by atoms with Crippen molar-refractivity contribution in [3.05, 3.63) is 29.5 Å². The van der Waals surface area contributed by atoms with E-state index in [0.717, 1.165) is 12.2 Å². The van der Waals surface area contributed by atoms with Gasteiger partial charge in [0.1, 0.15) is 12.2 Å². The molecule has 1 saturated heterocycles. The van der Waals surface area contributed by atoms with Crippen LogP contribution >= 0.6 is 0 Å². The first-order valence-corrected chi connectivity index (χ1v) is 8.17. The standard InChI is InChI=1S/C16H23N5O3/c1-9(2)15-19-10(3)13(24-15)16(22)21(4)7-12-11(5-6-23-12)14-17-8-18-20-14/h8-9,11-12H,5-7H2,1-4H3,(H,17,18,20)/t11-,12-/m1/s1. The number of carbonyl (C=O) groups excluding carboxylic acids is 1. The number of hydrogen-bond acceptors (Lipinski definition) is 6.